The summed E-state index contributed by atoms with van der Waals surface area (Å²) in [5.74, 6) is -0.928. The number of hydrogen-bond donors (Lipinski definition) is 1. The van der Waals surface area contributed by atoms with Gasteiger partial charge in [0.25, 0.3) is 0 Å². The fraction of sp³-hybridized carbons (Fsp3) is 0.394. The minimum atomic E-state index is -3.62. The number of anilines is 1. The number of aryl methyl sites for hydroxylation is 2. The van der Waals surface area contributed by atoms with Crippen molar-refractivity contribution in [2.75, 3.05) is 23.7 Å². The number of nitrogens with zero attached hydrogens (tertiary/aromatic N) is 2. The second-order valence-corrected chi connectivity index (χ2v) is 13.1. The van der Waals surface area contributed by atoms with Gasteiger partial charge >= 0.3 is 0 Å². The molecule has 0 saturated carbocycles. The molecule has 9 heteroatoms. The summed E-state index contributed by atoms with van der Waals surface area (Å²) in [5.41, 5.74) is 3.47. The molecule has 1 atom stereocenters. The van der Waals surface area contributed by atoms with Crippen molar-refractivity contribution in [3.63, 3.8) is 0 Å². The van der Waals surface area contributed by atoms with Gasteiger partial charge in [0.2, 0.25) is 21.8 Å². The van der Waals surface area contributed by atoms with Crippen LogP contribution < -0.4 is 9.62 Å². The molecule has 1 unspecified atom stereocenters. The van der Waals surface area contributed by atoms with Gasteiger partial charge in [-0.05, 0) is 55.0 Å². The van der Waals surface area contributed by atoms with Gasteiger partial charge in [-0.3, -0.25) is 13.9 Å². The van der Waals surface area contributed by atoms with Crippen molar-refractivity contribution in [3.8, 4) is 0 Å². The summed E-state index contributed by atoms with van der Waals surface area (Å²) in [6.07, 6.45) is 1.60. The second kappa shape index (κ2) is 15.0. The highest BCUT2D eigenvalue weighted by Gasteiger charge is 2.31. The number of carbonyl (C=O) groups is 2. The zero-order valence-electron chi connectivity index (χ0n) is 25.1. The van der Waals surface area contributed by atoms with Gasteiger partial charge in [-0.1, -0.05) is 74.5 Å². The van der Waals surface area contributed by atoms with Crippen molar-refractivity contribution in [2.45, 2.75) is 59.5 Å². The van der Waals surface area contributed by atoms with E-state index in [9.17, 15) is 22.4 Å². The highest BCUT2D eigenvalue weighted by Crippen LogP contribution is 2.25. The van der Waals surface area contributed by atoms with Crippen LogP contribution in [0.25, 0.3) is 0 Å². The topological polar surface area (TPSA) is 86.8 Å². The molecule has 0 radical (unpaired) electrons. The fourth-order valence-corrected chi connectivity index (χ4v) is 5.77. The maximum absolute atomic E-state index is 14.8. The smallest absolute Gasteiger partial charge is 0.243 e. The maximum atomic E-state index is 14.8. The average molecular weight is 596 g/mol. The first kappa shape index (κ1) is 32.8. The van der Waals surface area contributed by atoms with Crippen LogP contribution in [0.1, 0.15) is 48.9 Å². The first-order chi connectivity index (χ1) is 19.9. The molecule has 2 amide bonds. The normalized spacial score (nSPS) is 12.2. The third-order valence-corrected chi connectivity index (χ3v) is 8.22. The van der Waals surface area contributed by atoms with Gasteiger partial charge in [0.1, 0.15) is 11.9 Å². The lowest BCUT2D eigenvalue weighted by molar-refractivity contribution is -0.141. The van der Waals surface area contributed by atoms with Crippen molar-refractivity contribution in [3.05, 3.63) is 101 Å². The second-order valence-electron chi connectivity index (χ2n) is 11.2. The molecule has 7 nitrogen and oxygen atoms in total. The predicted molar refractivity (Wildman–Crippen MR) is 166 cm³/mol. The van der Waals surface area contributed by atoms with Crippen LogP contribution in [0.4, 0.5) is 10.1 Å². The molecule has 0 heterocycles. The molecule has 226 valence electrons. The van der Waals surface area contributed by atoms with Crippen molar-refractivity contribution in [1.82, 2.24) is 10.2 Å². The summed E-state index contributed by atoms with van der Waals surface area (Å²) < 4.78 is 41.6. The Kier molecular flexibility index (Phi) is 11.7. The SMILES string of the molecule is Cc1ccc(C)c(N(CCCC(=O)N(Cc2ccccc2F)C(Cc2ccccc2)C(=O)NCC(C)C)S(C)(=O)=O)c1. The highest BCUT2D eigenvalue weighted by atomic mass is 32.2. The van der Waals surface area contributed by atoms with E-state index in [1.54, 1.807) is 18.2 Å². The number of amides is 2. The van der Waals surface area contributed by atoms with Crippen molar-refractivity contribution in [1.29, 1.82) is 0 Å². The summed E-state index contributed by atoms with van der Waals surface area (Å²) >= 11 is 0. The third-order valence-electron chi connectivity index (χ3n) is 7.04. The van der Waals surface area contributed by atoms with Crippen LogP contribution in [-0.4, -0.2) is 50.5 Å². The quantitative estimate of drug-likeness (QED) is 0.270. The van der Waals surface area contributed by atoms with Crippen LogP contribution in [0.5, 0.6) is 0 Å². The molecule has 3 aromatic rings. The molecule has 1 N–H and O–H groups in total. The molecule has 0 bridgehead atoms. The third kappa shape index (κ3) is 9.41. The van der Waals surface area contributed by atoms with E-state index in [0.717, 1.165) is 22.9 Å². The van der Waals surface area contributed by atoms with E-state index >= 15 is 0 Å². The summed E-state index contributed by atoms with van der Waals surface area (Å²) in [6.45, 7) is 8.14. The molecule has 0 saturated heterocycles. The van der Waals surface area contributed by atoms with E-state index in [1.807, 2.05) is 76.2 Å². The molecule has 0 fully saturated rings. The lowest BCUT2D eigenvalue weighted by atomic mass is 10.0. The molecular weight excluding hydrogens is 553 g/mol. The van der Waals surface area contributed by atoms with E-state index in [2.05, 4.69) is 5.32 Å². The summed E-state index contributed by atoms with van der Waals surface area (Å²) in [6, 6.07) is 20.3. The van der Waals surface area contributed by atoms with Crippen LogP contribution in [0.2, 0.25) is 0 Å². The Morgan fingerprint density at radius 1 is 0.952 bits per heavy atom. The molecular formula is C33H42FN3O4S. The number of benzene rings is 3. The molecule has 0 spiro atoms. The Balaban J connectivity index is 1.91. The molecule has 3 aromatic carbocycles. The number of hydrogen-bond acceptors (Lipinski definition) is 4. The lowest BCUT2D eigenvalue weighted by Crippen LogP contribution is -2.51. The molecule has 0 aliphatic heterocycles. The average Bonchev–Trinajstić information content (AvgIpc) is 2.94. The van der Waals surface area contributed by atoms with Crippen molar-refractivity contribution in [2.24, 2.45) is 5.92 Å². The molecule has 0 aromatic heterocycles. The Morgan fingerprint density at radius 3 is 2.26 bits per heavy atom. The van der Waals surface area contributed by atoms with Crippen LogP contribution in [-0.2, 0) is 32.6 Å². The van der Waals surface area contributed by atoms with Crippen LogP contribution in [0.15, 0.2) is 72.8 Å². The van der Waals surface area contributed by atoms with Crippen LogP contribution in [0.3, 0.4) is 0 Å². The number of nitrogens with one attached hydrogen (secondary N) is 1. The number of rotatable bonds is 14. The Bertz CT molecular complexity index is 1460. The maximum Gasteiger partial charge on any atom is 0.243 e. The minimum absolute atomic E-state index is 0.0198. The molecule has 0 aliphatic rings. The zero-order valence-corrected chi connectivity index (χ0v) is 26.0. The lowest BCUT2D eigenvalue weighted by Gasteiger charge is -2.32. The van der Waals surface area contributed by atoms with E-state index in [1.165, 1.54) is 15.3 Å². The van der Waals surface area contributed by atoms with E-state index < -0.39 is 21.9 Å². The van der Waals surface area contributed by atoms with Crippen molar-refractivity contribution >= 4 is 27.5 Å². The van der Waals surface area contributed by atoms with Gasteiger partial charge < -0.3 is 10.2 Å². The van der Waals surface area contributed by atoms with E-state index in [-0.39, 0.29) is 50.1 Å². The minimum Gasteiger partial charge on any atom is -0.354 e. The van der Waals surface area contributed by atoms with Gasteiger partial charge in [-0.25, -0.2) is 12.8 Å². The van der Waals surface area contributed by atoms with Gasteiger partial charge in [-0.2, -0.15) is 0 Å². The van der Waals surface area contributed by atoms with Crippen LogP contribution >= 0.6 is 0 Å². The highest BCUT2D eigenvalue weighted by molar-refractivity contribution is 7.92. The predicted octanol–water partition coefficient (Wildman–Crippen LogP) is 5.40. The standard InChI is InChI=1S/C33H42FN3O4S/c1-24(2)22-35-33(39)31(21-27-12-7-6-8-13-27)36(23-28-14-9-10-15-29(28)34)32(38)16-11-19-37(42(5,40)41)30-20-25(3)17-18-26(30)4/h6-10,12-15,17-18,20,24,31H,11,16,19,21-23H2,1-5H3,(H,35,39). The van der Waals surface area contributed by atoms with Gasteiger partial charge in [0.05, 0.1) is 11.9 Å². The van der Waals surface area contributed by atoms with Gasteiger partial charge in [-0.15, -0.1) is 0 Å². The first-order valence-electron chi connectivity index (χ1n) is 14.3. The first-order valence-corrected chi connectivity index (χ1v) is 16.1. The van der Waals surface area contributed by atoms with Gasteiger partial charge in [0, 0.05) is 38.0 Å². The zero-order chi connectivity index (χ0) is 30.9. The molecule has 0 aliphatic carbocycles. The summed E-state index contributed by atoms with van der Waals surface area (Å²) in [7, 11) is -3.62. The van der Waals surface area contributed by atoms with E-state index in [4.69, 9.17) is 0 Å². The fourth-order valence-electron chi connectivity index (χ4n) is 4.76. The molecule has 42 heavy (non-hydrogen) atoms. The number of halogens is 1. The molecule has 3 rings (SSSR count). The van der Waals surface area contributed by atoms with Crippen LogP contribution in [0, 0.1) is 25.6 Å². The Morgan fingerprint density at radius 2 is 1.62 bits per heavy atom. The Hall–Kier alpha value is -3.72. The summed E-state index contributed by atoms with van der Waals surface area (Å²) in [4.78, 5) is 28.9. The monoisotopic (exact) mass is 595 g/mol. The van der Waals surface area contributed by atoms with Crippen molar-refractivity contribution < 1.29 is 22.4 Å². The Labute approximate surface area is 249 Å². The largest absolute Gasteiger partial charge is 0.354 e. The number of sulfonamides is 1. The number of carbonyl (C=O) groups excluding carboxylic acids is 2. The van der Waals surface area contributed by atoms with Gasteiger partial charge in [0.15, 0.2) is 0 Å². The van der Waals surface area contributed by atoms with E-state index in [0.29, 0.717) is 17.8 Å². The summed E-state index contributed by atoms with van der Waals surface area (Å²) in [5, 5.41) is 2.95.